The van der Waals surface area contributed by atoms with Gasteiger partial charge < -0.3 is 10.1 Å². The van der Waals surface area contributed by atoms with E-state index < -0.39 is 27.6 Å². The van der Waals surface area contributed by atoms with Crippen LogP contribution in [0.5, 0.6) is 0 Å². The molecule has 2 rings (SSSR count). The molecule has 2 unspecified atom stereocenters. The molecule has 2 heterocycles. The van der Waals surface area contributed by atoms with E-state index in [0.29, 0.717) is 19.5 Å². The van der Waals surface area contributed by atoms with Gasteiger partial charge in [-0.2, -0.15) is 0 Å². The zero-order valence-electron chi connectivity index (χ0n) is 15.4. The molecule has 8 heteroatoms. The Morgan fingerprint density at radius 1 is 1.24 bits per heavy atom. The van der Waals surface area contributed by atoms with Gasteiger partial charge in [-0.25, -0.2) is 13.2 Å². The van der Waals surface area contributed by atoms with Crippen molar-refractivity contribution in [2.75, 3.05) is 24.6 Å². The second-order valence-corrected chi connectivity index (χ2v) is 10.3. The highest BCUT2D eigenvalue weighted by Crippen LogP contribution is 2.23. The number of carbonyl (C=O) groups excluding carboxylic acids is 2. The van der Waals surface area contributed by atoms with E-state index >= 15 is 0 Å². The zero-order chi connectivity index (χ0) is 18.7. The van der Waals surface area contributed by atoms with Crippen LogP contribution in [0.4, 0.5) is 4.79 Å². The van der Waals surface area contributed by atoms with E-state index in [1.54, 1.807) is 20.8 Å². The highest BCUT2D eigenvalue weighted by molar-refractivity contribution is 7.91. The van der Waals surface area contributed by atoms with Crippen molar-refractivity contribution in [2.45, 2.75) is 64.5 Å². The van der Waals surface area contributed by atoms with Crippen LogP contribution in [-0.4, -0.2) is 61.6 Å². The predicted molar refractivity (Wildman–Crippen MR) is 95.0 cm³/mol. The lowest BCUT2D eigenvalue weighted by molar-refractivity contribution is -0.125. The van der Waals surface area contributed by atoms with Crippen molar-refractivity contribution in [3.05, 3.63) is 0 Å². The van der Waals surface area contributed by atoms with Gasteiger partial charge in [0.15, 0.2) is 9.84 Å². The summed E-state index contributed by atoms with van der Waals surface area (Å²) in [5, 5.41) is 2.88. The molecule has 2 atom stereocenters. The van der Waals surface area contributed by atoms with Crippen molar-refractivity contribution in [2.24, 2.45) is 5.92 Å². The van der Waals surface area contributed by atoms with Gasteiger partial charge in [0.25, 0.3) is 0 Å². The van der Waals surface area contributed by atoms with E-state index in [0.717, 1.165) is 25.7 Å². The van der Waals surface area contributed by atoms with Crippen molar-refractivity contribution in [1.82, 2.24) is 10.2 Å². The molecule has 0 saturated carbocycles. The average Bonchev–Trinajstić information content (AvgIpc) is 3.08. The van der Waals surface area contributed by atoms with Gasteiger partial charge in [0, 0.05) is 13.1 Å². The van der Waals surface area contributed by atoms with E-state index in [9.17, 15) is 18.0 Å². The molecule has 0 spiro atoms. The topological polar surface area (TPSA) is 92.8 Å². The van der Waals surface area contributed by atoms with Gasteiger partial charge in [-0.3, -0.25) is 9.69 Å². The van der Waals surface area contributed by atoms with Crippen LogP contribution in [0.25, 0.3) is 0 Å². The van der Waals surface area contributed by atoms with Crippen molar-refractivity contribution >= 4 is 21.8 Å². The van der Waals surface area contributed by atoms with Gasteiger partial charge in [-0.1, -0.05) is 0 Å². The van der Waals surface area contributed by atoms with Crippen LogP contribution >= 0.6 is 0 Å². The van der Waals surface area contributed by atoms with E-state index in [4.69, 9.17) is 4.74 Å². The Labute approximate surface area is 150 Å². The second-order valence-electron chi connectivity index (χ2n) is 8.03. The first kappa shape index (κ1) is 20.0. The Kier molecular flexibility index (Phi) is 6.35. The minimum absolute atomic E-state index is 0.151. The van der Waals surface area contributed by atoms with Crippen LogP contribution in [0.2, 0.25) is 0 Å². The lowest BCUT2D eigenvalue weighted by atomic mass is 10.0. The van der Waals surface area contributed by atoms with Crippen LogP contribution in [0.15, 0.2) is 0 Å². The summed E-state index contributed by atoms with van der Waals surface area (Å²) in [4.78, 5) is 26.1. The third-order valence-electron chi connectivity index (χ3n) is 4.60. The summed E-state index contributed by atoms with van der Waals surface area (Å²) in [6, 6.07) is -0.471. The van der Waals surface area contributed by atoms with Crippen LogP contribution in [0.1, 0.15) is 52.9 Å². The van der Waals surface area contributed by atoms with Crippen molar-refractivity contribution in [1.29, 1.82) is 0 Å². The highest BCUT2D eigenvalue weighted by Gasteiger charge is 2.36. The highest BCUT2D eigenvalue weighted by atomic mass is 32.2. The third kappa shape index (κ3) is 6.17. The molecule has 0 aromatic rings. The normalized spacial score (nSPS) is 25.8. The smallest absolute Gasteiger partial charge is 0.410 e. The number of likely N-dealkylation sites (tertiary alicyclic amines) is 1. The monoisotopic (exact) mass is 374 g/mol. The van der Waals surface area contributed by atoms with E-state index in [2.05, 4.69) is 5.32 Å². The van der Waals surface area contributed by atoms with Crippen LogP contribution in [-0.2, 0) is 19.4 Å². The molecule has 2 fully saturated rings. The SMILES string of the molecule is CC(C)(C)OC(=O)N1CCCC1C(=O)NCCCC1CCS(=O)(=O)C1. The molecule has 25 heavy (non-hydrogen) atoms. The quantitative estimate of drug-likeness (QED) is 0.740. The Balaban J connectivity index is 1.73. The van der Waals surface area contributed by atoms with Crippen molar-refractivity contribution in [3.63, 3.8) is 0 Å². The first-order valence-electron chi connectivity index (χ1n) is 9.05. The maximum Gasteiger partial charge on any atom is 0.410 e. The molecule has 7 nitrogen and oxygen atoms in total. The number of rotatable bonds is 5. The average molecular weight is 375 g/mol. The Bertz CT molecular complexity index is 597. The zero-order valence-corrected chi connectivity index (χ0v) is 16.2. The minimum atomic E-state index is -2.84. The van der Waals surface area contributed by atoms with Gasteiger partial charge in [0.05, 0.1) is 11.5 Å². The van der Waals surface area contributed by atoms with Gasteiger partial charge in [0.1, 0.15) is 11.6 Å². The maximum atomic E-state index is 12.4. The van der Waals surface area contributed by atoms with Gasteiger partial charge in [-0.15, -0.1) is 0 Å². The van der Waals surface area contributed by atoms with E-state index in [-0.39, 0.29) is 23.3 Å². The molecule has 144 valence electrons. The summed E-state index contributed by atoms with van der Waals surface area (Å²) in [6.07, 6.45) is 3.28. The maximum absolute atomic E-state index is 12.4. The van der Waals surface area contributed by atoms with Crippen molar-refractivity contribution < 1.29 is 22.7 Å². The Hall–Kier alpha value is -1.31. The first-order valence-corrected chi connectivity index (χ1v) is 10.9. The number of ether oxygens (including phenoxy) is 1. The fourth-order valence-corrected chi connectivity index (χ4v) is 5.31. The van der Waals surface area contributed by atoms with Crippen LogP contribution < -0.4 is 5.32 Å². The molecule has 2 aliphatic heterocycles. The van der Waals surface area contributed by atoms with Gasteiger partial charge in [-0.05, 0) is 58.8 Å². The molecule has 2 saturated heterocycles. The van der Waals surface area contributed by atoms with E-state index in [1.807, 2.05) is 0 Å². The second kappa shape index (κ2) is 7.93. The molecule has 2 aliphatic rings. The number of carbonyl (C=O) groups is 2. The molecule has 0 aliphatic carbocycles. The van der Waals surface area contributed by atoms with E-state index in [1.165, 1.54) is 4.90 Å². The summed E-state index contributed by atoms with van der Waals surface area (Å²) in [6.45, 7) is 6.46. The minimum Gasteiger partial charge on any atom is -0.444 e. The summed E-state index contributed by atoms with van der Waals surface area (Å²) < 4.78 is 28.2. The molecule has 0 aromatic carbocycles. The number of amides is 2. The van der Waals surface area contributed by atoms with Crippen molar-refractivity contribution in [3.8, 4) is 0 Å². The lowest BCUT2D eigenvalue weighted by Gasteiger charge is -2.28. The number of nitrogens with one attached hydrogen (secondary N) is 1. The standard InChI is InChI=1S/C17H30N2O5S/c1-17(2,3)24-16(21)19-10-5-7-14(19)15(20)18-9-4-6-13-8-11-25(22,23)12-13/h13-14H,4-12H2,1-3H3,(H,18,20). The number of sulfone groups is 1. The molecule has 0 bridgehead atoms. The van der Waals surface area contributed by atoms with Gasteiger partial charge in [0.2, 0.25) is 5.91 Å². The number of hydrogen-bond donors (Lipinski definition) is 1. The largest absolute Gasteiger partial charge is 0.444 e. The fourth-order valence-electron chi connectivity index (χ4n) is 3.40. The molecule has 2 amide bonds. The number of nitrogens with zero attached hydrogens (tertiary/aromatic N) is 1. The molecular formula is C17H30N2O5S. The molecule has 0 aromatic heterocycles. The lowest BCUT2D eigenvalue weighted by Crippen LogP contribution is -2.47. The summed E-state index contributed by atoms with van der Waals surface area (Å²) in [7, 11) is -2.84. The van der Waals surface area contributed by atoms with Crippen LogP contribution in [0, 0.1) is 5.92 Å². The number of hydrogen-bond acceptors (Lipinski definition) is 5. The Morgan fingerprint density at radius 2 is 1.96 bits per heavy atom. The summed E-state index contributed by atoms with van der Waals surface area (Å²) in [5.41, 5.74) is -0.581. The third-order valence-corrected chi connectivity index (χ3v) is 6.44. The molecule has 0 radical (unpaired) electrons. The van der Waals surface area contributed by atoms with Crippen LogP contribution in [0.3, 0.4) is 0 Å². The summed E-state index contributed by atoms with van der Waals surface area (Å²) in [5.74, 6) is 0.626. The van der Waals surface area contributed by atoms with Gasteiger partial charge >= 0.3 is 6.09 Å². The Morgan fingerprint density at radius 3 is 2.56 bits per heavy atom. The fraction of sp³-hybridized carbons (Fsp3) is 0.882. The summed E-state index contributed by atoms with van der Waals surface area (Å²) >= 11 is 0. The molecular weight excluding hydrogens is 344 g/mol. The first-order chi connectivity index (χ1) is 11.6. The molecule has 1 N–H and O–H groups in total. The predicted octanol–water partition coefficient (Wildman–Crippen LogP) is 1.72.